The van der Waals surface area contributed by atoms with Gasteiger partial charge in [-0.25, -0.2) is 0 Å². The number of hydrogen-bond donors (Lipinski definition) is 1. The molecule has 1 saturated heterocycles. The van der Waals surface area contributed by atoms with Crippen molar-refractivity contribution in [1.29, 1.82) is 0 Å². The zero-order valence-electron chi connectivity index (χ0n) is 14.8. The van der Waals surface area contributed by atoms with Gasteiger partial charge in [0.1, 0.15) is 0 Å². The average Bonchev–Trinajstić information content (AvgIpc) is 2.64. The minimum atomic E-state index is -4.35. The Bertz CT molecular complexity index is 946. The van der Waals surface area contributed by atoms with Gasteiger partial charge in [0.15, 0.2) is 0 Å². The van der Waals surface area contributed by atoms with Crippen molar-refractivity contribution in [2.24, 2.45) is 5.73 Å². The Labute approximate surface area is 156 Å². The smallest absolute Gasteiger partial charge is 0.323 e. The van der Waals surface area contributed by atoms with Gasteiger partial charge in [-0.2, -0.15) is 13.2 Å². The summed E-state index contributed by atoms with van der Waals surface area (Å²) in [6.45, 7) is 1.65. The molecule has 0 saturated carbocycles. The Morgan fingerprint density at radius 3 is 2.48 bits per heavy atom. The normalized spacial score (nSPS) is 19.0. The number of benzene rings is 3. The van der Waals surface area contributed by atoms with Crippen molar-refractivity contribution >= 4 is 10.8 Å². The van der Waals surface area contributed by atoms with Crippen molar-refractivity contribution in [3.63, 3.8) is 0 Å². The summed E-state index contributed by atoms with van der Waals surface area (Å²) in [4.78, 5) is 2.26. The zero-order chi connectivity index (χ0) is 19.0. The first-order valence-corrected chi connectivity index (χ1v) is 9.07. The molecule has 0 spiro atoms. The molecule has 3 aromatic rings. The minimum Gasteiger partial charge on any atom is -0.323 e. The van der Waals surface area contributed by atoms with E-state index in [1.54, 1.807) is 6.07 Å². The molecule has 27 heavy (non-hydrogen) atoms. The number of likely N-dealkylation sites (tertiary alicyclic amines) is 1. The van der Waals surface area contributed by atoms with Crippen LogP contribution in [0, 0.1) is 0 Å². The van der Waals surface area contributed by atoms with Gasteiger partial charge >= 0.3 is 6.18 Å². The summed E-state index contributed by atoms with van der Waals surface area (Å²) in [6, 6.07) is 19.5. The van der Waals surface area contributed by atoms with Crippen LogP contribution in [-0.4, -0.2) is 17.5 Å². The summed E-state index contributed by atoms with van der Waals surface area (Å²) in [6.07, 6.45) is -3.46. The van der Waals surface area contributed by atoms with Crippen molar-refractivity contribution in [3.8, 4) is 0 Å². The van der Waals surface area contributed by atoms with E-state index in [9.17, 15) is 13.2 Å². The van der Waals surface area contributed by atoms with E-state index >= 15 is 0 Å². The highest BCUT2D eigenvalue weighted by Crippen LogP contribution is 2.34. The molecular formula is C22H21F3N2. The van der Waals surface area contributed by atoms with E-state index in [2.05, 4.69) is 29.2 Å². The van der Waals surface area contributed by atoms with Crippen LogP contribution in [0.4, 0.5) is 13.2 Å². The molecule has 1 fully saturated rings. The Kier molecular flexibility index (Phi) is 4.66. The second-order valence-corrected chi connectivity index (χ2v) is 7.11. The number of fused-ring (bicyclic) bond motifs is 1. The Hall–Kier alpha value is -2.37. The van der Waals surface area contributed by atoms with Crippen LogP contribution in [0.2, 0.25) is 0 Å². The molecule has 0 unspecified atom stereocenters. The fourth-order valence-electron chi connectivity index (χ4n) is 3.86. The average molecular weight is 370 g/mol. The fraction of sp³-hybridized carbons (Fsp3) is 0.273. The van der Waals surface area contributed by atoms with Crippen molar-refractivity contribution in [1.82, 2.24) is 4.90 Å². The van der Waals surface area contributed by atoms with Gasteiger partial charge in [0.2, 0.25) is 0 Å². The molecule has 1 aliphatic rings. The highest BCUT2D eigenvalue weighted by Gasteiger charge is 2.35. The molecule has 140 valence electrons. The van der Waals surface area contributed by atoms with E-state index in [4.69, 9.17) is 5.73 Å². The topological polar surface area (TPSA) is 29.3 Å². The van der Waals surface area contributed by atoms with Crippen LogP contribution in [-0.2, 0) is 12.7 Å². The maximum atomic E-state index is 13.0. The number of nitrogens with two attached hydrogens (primary N) is 1. The van der Waals surface area contributed by atoms with Crippen LogP contribution < -0.4 is 5.73 Å². The first-order chi connectivity index (χ1) is 12.9. The fourth-order valence-corrected chi connectivity index (χ4v) is 3.86. The van der Waals surface area contributed by atoms with Crippen molar-refractivity contribution in [2.75, 3.05) is 6.54 Å². The lowest BCUT2D eigenvalue weighted by atomic mass is 9.89. The molecule has 0 radical (unpaired) electrons. The van der Waals surface area contributed by atoms with Crippen LogP contribution in [0.5, 0.6) is 0 Å². The summed E-state index contributed by atoms with van der Waals surface area (Å²) in [5, 5.41) is 2.40. The van der Waals surface area contributed by atoms with Gasteiger partial charge in [-0.15, -0.1) is 0 Å². The zero-order valence-corrected chi connectivity index (χ0v) is 14.8. The van der Waals surface area contributed by atoms with Gasteiger partial charge in [-0.05, 0) is 40.5 Å². The van der Waals surface area contributed by atoms with Gasteiger partial charge in [0.25, 0.3) is 0 Å². The van der Waals surface area contributed by atoms with Crippen molar-refractivity contribution in [3.05, 3.63) is 83.4 Å². The summed E-state index contributed by atoms with van der Waals surface area (Å²) in [7, 11) is 0. The van der Waals surface area contributed by atoms with Gasteiger partial charge in [0, 0.05) is 25.2 Å². The van der Waals surface area contributed by atoms with E-state index < -0.39 is 17.8 Å². The lowest BCUT2D eigenvalue weighted by Gasteiger charge is -2.44. The summed E-state index contributed by atoms with van der Waals surface area (Å²) >= 11 is 0. The van der Waals surface area contributed by atoms with E-state index in [0.717, 1.165) is 25.6 Å². The maximum absolute atomic E-state index is 13.0. The van der Waals surface area contributed by atoms with Gasteiger partial charge in [-0.3, -0.25) is 4.90 Å². The molecule has 2 atom stereocenters. The SMILES string of the molecule is N[C@@H](c1cccc(C(F)(F)F)c1)[C@@H]1CCN1Cc1cccc2ccccc12. The molecule has 0 aliphatic carbocycles. The molecule has 4 rings (SSSR count). The van der Waals surface area contributed by atoms with E-state index in [0.29, 0.717) is 5.56 Å². The maximum Gasteiger partial charge on any atom is 0.416 e. The Morgan fingerprint density at radius 2 is 1.74 bits per heavy atom. The van der Waals surface area contributed by atoms with Crippen molar-refractivity contribution in [2.45, 2.75) is 31.2 Å². The molecule has 2 nitrogen and oxygen atoms in total. The molecule has 5 heteroatoms. The molecule has 0 amide bonds. The molecular weight excluding hydrogens is 349 g/mol. The standard InChI is InChI=1S/C22H21F3N2/c23-22(24,25)18-9-4-7-16(13-18)21(26)20-11-12-27(20)14-17-8-3-6-15-5-1-2-10-19(15)17/h1-10,13,20-21H,11-12,14,26H2/t20-,21-/m0/s1. The largest absolute Gasteiger partial charge is 0.416 e. The van der Waals surface area contributed by atoms with E-state index in [1.807, 2.05) is 18.2 Å². The van der Waals surface area contributed by atoms with Crippen LogP contribution in [0.15, 0.2) is 66.7 Å². The summed E-state index contributed by atoms with van der Waals surface area (Å²) < 4.78 is 39.0. The summed E-state index contributed by atoms with van der Waals surface area (Å²) in [5.41, 5.74) is 7.47. The first-order valence-electron chi connectivity index (χ1n) is 9.07. The van der Waals surface area contributed by atoms with Crippen molar-refractivity contribution < 1.29 is 13.2 Å². The van der Waals surface area contributed by atoms with Crippen LogP contribution in [0.1, 0.15) is 29.2 Å². The molecule has 0 bridgehead atoms. The lowest BCUT2D eigenvalue weighted by Crippen LogP contribution is -2.52. The third-order valence-electron chi connectivity index (χ3n) is 5.45. The Balaban J connectivity index is 1.54. The quantitative estimate of drug-likeness (QED) is 0.690. The molecule has 2 N–H and O–H groups in total. The van der Waals surface area contributed by atoms with Gasteiger partial charge in [-0.1, -0.05) is 54.6 Å². The van der Waals surface area contributed by atoms with Crippen LogP contribution >= 0.6 is 0 Å². The highest BCUT2D eigenvalue weighted by atomic mass is 19.4. The van der Waals surface area contributed by atoms with Gasteiger partial charge < -0.3 is 5.73 Å². The predicted molar refractivity (Wildman–Crippen MR) is 101 cm³/mol. The number of halogens is 3. The van der Waals surface area contributed by atoms with E-state index in [-0.39, 0.29) is 6.04 Å². The first kappa shape index (κ1) is 18.0. The number of alkyl halides is 3. The minimum absolute atomic E-state index is 0.0486. The van der Waals surface area contributed by atoms with Crippen LogP contribution in [0.25, 0.3) is 10.8 Å². The predicted octanol–water partition coefficient (Wildman–Crippen LogP) is 5.13. The number of hydrogen-bond acceptors (Lipinski definition) is 2. The molecule has 1 aliphatic heterocycles. The number of nitrogens with zero attached hydrogens (tertiary/aromatic N) is 1. The highest BCUT2D eigenvalue weighted by molar-refractivity contribution is 5.85. The third-order valence-corrected chi connectivity index (χ3v) is 5.45. The number of rotatable bonds is 4. The Morgan fingerprint density at radius 1 is 1.00 bits per heavy atom. The monoisotopic (exact) mass is 370 g/mol. The molecule has 3 aromatic carbocycles. The lowest BCUT2D eigenvalue weighted by molar-refractivity contribution is -0.137. The van der Waals surface area contributed by atoms with E-state index in [1.165, 1.54) is 28.5 Å². The molecule has 1 heterocycles. The second kappa shape index (κ2) is 6.98. The molecule has 0 aromatic heterocycles. The summed E-state index contributed by atoms with van der Waals surface area (Å²) in [5.74, 6) is 0. The van der Waals surface area contributed by atoms with Gasteiger partial charge in [0.05, 0.1) is 5.56 Å². The van der Waals surface area contributed by atoms with Crippen LogP contribution in [0.3, 0.4) is 0 Å². The second-order valence-electron chi connectivity index (χ2n) is 7.11. The third kappa shape index (κ3) is 3.57.